The highest BCUT2D eigenvalue weighted by molar-refractivity contribution is 7.89. The Balaban J connectivity index is 2.09. The summed E-state index contributed by atoms with van der Waals surface area (Å²) in [6.07, 6.45) is 5.35. The Morgan fingerprint density at radius 3 is 2.53 bits per heavy atom. The summed E-state index contributed by atoms with van der Waals surface area (Å²) in [6.45, 7) is 8.72. The second-order valence-corrected chi connectivity index (χ2v) is 9.73. The number of aryl methyl sites for hydroxylation is 2. The molecular weight excluding hydrogens is 400 g/mol. The zero-order chi connectivity index (χ0) is 22.3. The topological polar surface area (TPSA) is 84.3 Å². The molecule has 0 aliphatic rings. The first-order chi connectivity index (χ1) is 14.2. The predicted molar refractivity (Wildman–Crippen MR) is 121 cm³/mol. The molecule has 1 aromatic heterocycles. The maximum atomic E-state index is 12.8. The van der Waals surface area contributed by atoms with Gasteiger partial charge in [-0.25, -0.2) is 13.4 Å². The molecule has 1 N–H and O–H groups in total. The molecule has 0 unspecified atom stereocenters. The van der Waals surface area contributed by atoms with E-state index in [0.717, 1.165) is 24.2 Å². The molecular formula is C22H36N4O3S. The minimum absolute atomic E-state index is 0.0239. The average Bonchev–Trinajstić information content (AvgIpc) is 3.02. The van der Waals surface area contributed by atoms with E-state index in [1.165, 1.54) is 17.1 Å². The molecule has 0 aliphatic heterocycles. The van der Waals surface area contributed by atoms with Crippen LogP contribution in [-0.4, -0.2) is 47.3 Å². The first-order valence-electron chi connectivity index (χ1n) is 11.0. The van der Waals surface area contributed by atoms with Gasteiger partial charge in [-0.1, -0.05) is 40.0 Å². The van der Waals surface area contributed by atoms with Gasteiger partial charge in [0, 0.05) is 39.0 Å². The first-order valence-corrected chi connectivity index (χ1v) is 12.4. The zero-order valence-corrected chi connectivity index (χ0v) is 19.8. The van der Waals surface area contributed by atoms with Crippen LogP contribution in [0.1, 0.15) is 65.6 Å². The van der Waals surface area contributed by atoms with Gasteiger partial charge in [-0.2, -0.15) is 4.31 Å². The van der Waals surface area contributed by atoms with Gasteiger partial charge in [-0.05, 0) is 31.5 Å². The van der Waals surface area contributed by atoms with Crippen molar-refractivity contribution in [3.8, 4) is 0 Å². The van der Waals surface area contributed by atoms with Crippen LogP contribution in [0.2, 0.25) is 0 Å². The van der Waals surface area contributed by atoms with E-state index in [-0.39, 0.29) is 16.8 Å². The maximum absolute atomic E-state index is 12.8. The summed E-state index contributed by atoms with van der Waals surface area (Å²) in [7, 11) is -1.63. The van der Waals surface area contributed by atoms with E-state index in [4.69, 9.17) is 0 Å². The van der Waals surface area contributed by atoms with Crippen LogP contribution >= 0.6 is 0 Å². The highest BCUT2D eigenvalue weighted by Crippen LogP contribution is 2.22. The lowest BCUT2D eigenvalue weighted by molar-refractivity contribution is -0.121. The summed E-state index contributed by atoms with van der Waals surface area (Å²) in [6, 6.07) is 5.23. The number of hydrogen-bond donors (Lipinski definition) is 1. The monoisotopic (exact) mass is 436 g/mol. The van der Waals surface area contributed by atoms with Crippen molar-refractivity contribution < 1.29 is 13.2 Å². The molecule has 8 heteroatoms. The Hall–Kier alpha value is -1.93. The fraction of sp³-hybridized carbons (Fsp3) is 0.636. The third-order valence-electron chi connectivity index (χ3n) is 5.51. The molecule has 30 heavy (non-hydrogen) atoms. The van der Waals surface area contributed by atoms with E-state index in [0.29, 0.717) is 31.4 Å². The predicted octanol–water partition coefficient (Wildman–Crippen LogP) is 3.62. The van der Waals surface area contributed by atoms with Crippen LogP contribution in [-0.2, 0) is 28.3 Å². The van der Waals surface area contributed by atoms with Crippen LogP contribution in [0.25, 0.3) is 11.0 Å². The SMILES string of the molecule is CCCCC[C@@H](C)NC(=O)CCc1nc2cc(S(=O)(=O)N(CC)CC)ccc2n1C. The number of aromatic nitrogens is 2. The number of fused-ring (bicyclic) bond motifs is 1. The van der Waals surface area contributed by atoms with Crippen molar-refractivity contribution in [1.82, 2.24) is 19.2 Å². The number of sulfonamides is 1. The summed E-state index contributed by atoms with van der Waals surface area (Å²) in [5, 5.41) is 3.06. The number of benzene rings is 1. The van der Waals surface area contributed by atoms with Gasteiger partial charge in [0.15, 0.2) is 0 Å². The van der Waals surface area contributed by atoms with Crippen molar-refractivity contribution in [2.45, 2.75) is 77.2 Å². The fourth-order valence-corrected chi connectivity index (χ4v) is 5.15. The number of nitrogens with zero attached hydrogens (tertiary/aromatic N) is 3. The number of unbranched alkanes of at least 4 members (excludes halogenated alkanes) is 2. The minimum Gasteiger partial charge on any atom is -0.354 e. The Bertz CT molecular complexity index is 949. The number of amides is 1. The number of imidazole rings is 1. The Labute approximate surface area is 180 Å². The molecule has 0 radical (unpaired) electrons. The van der Waals surface area contributed by atoms with Gasteiger partial charge in [0.2, 0.25) is 15.9 Å². The molecule has 1 heterocycles. The molecule has 0 bridgehead atoms. The van der Waals surface area contributed by atoms with Crippen molar-refractivity contribution >= 4 is 27.0 Å². The standard InChI is InChI=1S/C22H36N4O3S/c1-6-9-10-11-17(4)23-22(27)15-14-21-24-19-16-18(12-13-20(19)25(21)5)30(28,29)26(7-2)8-3/h12-13,16-17H,6-11,14-15H2,1-5H3,(H,23,27)/t17-/m1/s1. The smallest absolute Gasteiger partial charge is 0.243 e. The van der Waals surface area contributed by atoms with E-state index in [2.05, 4.69) is 17.2 Å². The van der Waals surface area contributed by atoms with Crippen LogP contribution in [0.15, 0.2) is 23.1 Å². The zero-order valence-electron chi connectivity index (χ0n) is 18.9. The molecule has 2 aromatic rings. The summed E-state index contributed by atoms with van der Waals surface area (Å²) in [5.74, 6) is 0.798. The maximum Gasteiger partial charge on any atom is 0.243 e. The van der Waals surface area contributed by atoms with Gasteiger partial charge in [-0.3, -0.25) is 4.79 Å². The fourth-order valence-electron chi connectivity index (χ4n) is 3.67. The van der Waals surface area contributed by atoms with Crippen LogP contribution in [0.4, 0.5) is 0 Å². The van der Waals surface area contributed by atoms with Crippen molar-refractivity contribution in [1.29, 1.82) is 0 Å². The molecule has 0 spiro atoms. The number of carbonyl (C=O) groups excluding carboxylic acids is 1. The molecule has 1 aromatic carbocycles. The van der Waals surface area contributed by atoms with E-state index < -0.39 is 10.0 Å². The summed E-state index contributed by atoms with van der Waals surface area (Å²) >= 11 is 0. The summed E-state index contributed by atoms with van der Waals surface area (Å²) < 4.78 is 28.9. The number of rotatable bonds is 12. The highest BCUT2D eigenvalue weighted by Gasteiger charge is 2.22. The van der Waals surface area contributed by atoms with Gasteiger partial charge in [0.1, 0.15) is 5.82 Å². The number of hydrogen-bond acceptors (Lipinski definition) is 4. The lowest BCUT2D eigenvalue weighted by Crippen LogP contribution is -2.32. The largest absolute Gasteiger partial charge is 0.354 e. The van der Waals surface area contributed by atoms with Crippen LogP contribution < -0.4 is 5.32 Å². The van der Waals surface area contributed by atoms with Crippen LogP contribution in [0.5, 0.6) is 0 Å². The third-order valence-corrected chi connectivity index (χ3v) is 7.56. The van der Waals surface area contributed by atoms with Gasteiger partial charge < -0.3 is 9.88 Å². The van der Waals surface area contributed by atoms with E-state index in [9.17, 15) is 13.2 Å². The molecule has 1 amide bonds. The van der Waals surface area contributed by atoms with Gasteiger partial charge in [-0.15, -0.1) is 0 Å². The Morgan fingerprint density at radius 1 is 1.20 bits per heavy atom. The van der Waals surface area contributed by atoms with Gasteiger partial charge in [0.05, 0.1) is 15.9 Å². The Morgan fingerprint density at radius 2 is 1.90 bits per heavy atom. The summed E-state index contributed by atoms with van der Waals surface area (Å²) in [5.41, 5.74) is 1.49. The van der Waals surface area contributed by atoms with E-state index in [1.807, 2.05) is 32.4 Å². The Kier molecular flexibility index (Phi) is 8.85. The normalized spacial score (nSPS) is 13.1. The molecule has 7 nitrogen and oxygen atoms in total. The van der Waals surface area contributed by atoms with Gasteiger partial charge >= 0.3 is 0 Å². The molecule has 0 saturated heterocycles. The first kappa shape index (κ1) is 24.3. The molecule has 168 valence electrons. The highest BCUT2D eigenvalue weighted by atomic mass is 32.2. The quantitative estimate of drug-likeness (QED) is 0.515. The van der Waals surface area contributed by atoms with Crippen molar-refractivity contribution in [2.24, 2.45) is 7.05 Å². The van der Waals surface area contributed by atoms with E-state index in [1.54, 1.807) is 18.2 Å². The van der Waals surface area contributed by atoms with Gasteiger partial charge in [0.25, 0.3) is 0 Å². The summed E-state index contributed by atoms with van der Waals surface area (Å²) in [4.78, 5) is 17.1. The lowest BCUT2D eigenvalue weighted by Gasteiger charge is -2.18. The molecule has 1 atom stereocenters. The molecule has 0 saturated carbocycles. The molecule has 0 fully saturated rings. The van der Waals surface area contributed by atoms with E-state index >= 15 is 0 Å². The average molecular weight is 437 g/mol. The van der Waals surface area contributed by atoms with Crippen molar-refractivity contribution in [3.05, 3.63) is 24.0 Å². The van der Waals surface area contributed by atoms with Crippen molar-refractivity contribution in [2.75, 3.05) is 13.1 Å². The number of nitrogens with one attached hydrogen (secondary N) is 1. The second kappa shape index (κ2) is 10.9. The lowest BCUT2D eigenvalue weighted by atomic mass is 10.1. The van der Waals surface area contributed by atoms with Crippen LogP contribution in [0, 0.1) is 0 Å². The van der Waals surface area contributed by atoms with Crippen LogP contribution in [0.3, 0.4) is 0 Å². The minimum atomic E-state index is -3.53. The molecule has 0 aliphatic carbocycles. The second-order valence-electron chi connectivity index (χ2n) is 7.79. The number of carbonyl (C=O) groups is 1. The third kappa shape index (κ3) is 5.82. The molecule has 2 rings (SSSR count). The van der Waals surface area contributed by atoms with Crippen molar-refractivity contribution in [3.63, 3.8) is 0 Å².